The second-order valence-electron chi connectivity index (χ2n) is 3.76. The summed E-state index contributed by atoms with van der Waals surface area (Å²) in [4.78, 5) is 10.4. The van der Waals surface area contributed by atoms with Gasteiger partial charge in [0.25, 0.3) is 0 Å². The molecule has 1 aromatic carbocycles. The van der Waals surface area contributed by atoms with E-state index in [-0.39, 0.29) is 10.5 Å². The van der Waals surface area contributed by atoms with E-state index in [4.69, 9.17) is 0 Å². The molecular formula is C12H14F2OS. The highest BCUT2D eigenvalue weighted by Crippen LogP contribution is 2.28. The van der Waals surface area contributed by atoms with Crippen LogP contribution in [0, 0.1) is 17.6 Å². The zero-order valence-corrected chi connectivity index (χ0v) is 10.1. The lowest BCUT2D eigenvalue weighted by Gasteiger charge is -2.09. The maximum Gasteiger partial charge on any atom is 0.150 e. The van der Waals surface area contributed by atoms with Crippen LogP contribution < -0.4 is 0 Å². The first-order chi connectivity index (χ1) is 7.58. The molecule has 0 spiro atoms. The van der Waals surface area contributed by atoms with Crippen molar-refractivity contribution in [1.82, 2.24) is 0 Å². The first kappa shape index (κ1) is 13.2. The Bertz CT molecular complexity index is 356. The molecular weight excluding hydrogens is 230 g/mol. The number of benzene rings is 1. The summed E-state index contributed by atoms with van der Waals surface area (Å²) in [6, 6.07) is 2.13. The van der Waals surface area contributed by atoms with E-state index < -0.39 is 11.6 Å². The highest BCUT2D eigenvalue weighted by Gasteiger charge is 2.12. The van der Waals surface area contributed by atoms with Crippen molar-refractivity contribution in [3.8, 4) is 0 Å². The fraction of sp³-hybridized carbons (Fsp3) is 0.417. The number of aldehydes is 1. The van der Waals surface area contributed by atoms with Gasteiger partial charge in [0.05, 0.1) is 4.90 Å². The molecule has 1 rings (SSSR count). The fourth-order valence-electron chi connectivity index (χ4n) is 1.13. The fourth-order valence-corrected chi connectivity index (χ4v) is 2.21. The van der Waals surface area contributed by atoms with Gasteiger partial charge < -0.3 is 0 Å². The van der Waals surface area contributed by atoms with E-state index in [0.29, 0.717) is 18.0 Å². The van der Waals surface area contributed by atoms with Crippen LogP contribution in [0.5, 0.6) is 0 Å². The van der Waals surface area contributed by atoms with Gasteiger partial charge in [-0.05, 0) is 18.1 Å². The summed E-state index contributed by atoms with van der Waals surface area (Å²) in [5, 5.41) is 0. The zero-order valence-electron chi connectivity index (χ0n) is 9.30. The molecule has 0 aliphatic carbocycles. The lowest BCUT2D eigenvalue weighted by atomic mass is 10.2. The molecule has 0 aliphatic rings. The average molecular weight is 244 g/mol. The summed E-state index contributed by atoms with van der Waals surface area (Å²) in [5.41, 5.74) is 0.0305. The van der Waals surface area contributed by atoms with Gasteiger partial charge in [0, 0.05) is 11.3 Å². The molecule has 0 aliphatic heterocycles. The molecule has 0 saturated heterocycles. The molecule has 0 bridgehead atoms. The summed E-state index contributed by atoms with van der Waals surface area (Å²) >= 11 is 1.16. The quantitative estimate of drug-likeness (QED) is 0.577. The van der Waals surface area contributed by atoms with E-state index in [1.54, 1.807) is 0 Å². The topological polar surface area (TPSA) is 17.1 Å². The van der Waals surface area contributed by atoms with Gasteiger partial charge in [0.1, 0.15) is 17.9 Å². The molecule has 0 heterocycles. The number of halogens is 2. The van der Waals surface area contributed by atoms with Crippen molar-refractivity contribution in [2.75, 3.05) is 5.75 Å². The third-order valence-electron chi connectivity index (χ3n) is 2.37. The minimum Gasteiger partial charge on any atom is -0.298 e. The monoisotopic (exact) mass is 244 g/mol. The van der Waals surface area contributed by atoms with Crippen molar-refractivity contribution in [3.63, 3.8) is 0 Å². The smallest absolute Gasteiger partial charge is 0.150 e. The molecule has 0 aromatic heterocycles. The molecule has 1 nitrogen and oxygen atoms in total. The predicted molar refractivity (Wildman–Crippen MR) is 61.9 cm³/mol. The highest BCUT2D eigenvalue weighted by molar-refractivity contribution is 7.99. The second-order valence-corrected chi connectivity index (χ2v) is 4.79. The van der Waals surface area contributed by atoms with E-state index in [9.17, 15) is 13.6 Å². The molecule has 0 saturated carbocycles. The molecule has 1 aromatic rings. The van der Waals surface area contributed by atoms with Crippen LogP contribution in [0.2, 0.25) is 0 Å². The van der Waals surface area contributed by atoms with Gasteiger partial charge in [-0.25, -0.2) is 8.78 Å². The number of hydrogen-bond donors (Lipinski definition) is 0. The van der Waals surface area contributed by atoms with Crippen LogP contribution in [-0.2, 0) is 0 Å². The molecule has 1 atom stereocenters. The molecule has 0 amide bonds. The molecule has 0 radical (unpaired) electrons. The Balaban J connectivity index is 2.84. The summed E-state index contributed by atoms with van der Waals surface area (Å²) in [6.45, 7) is 4.07. The molecule has 88 valence electrons. The van der Waals surface area contributed by atoms with Gasteiger partial charge in [-0.3, -0.25) is 4.79 Å². The van der Waals surface area contributed by atoms with Crippen LogP contribution >= 0.6 is 11.8 Å². The number of hydrogen-bond acceptors (Lipinski definition) is 2. The third kappa shape index (κ3) is 3.30. The first-order valence-electron chi connectivity index (χ1n) is 5.15. The van der Waals surface area contributed by atoms with Crippen LogP contribution in [-0.4, -0.2) is 12.0 Å². The van der Waals surface area contributed by atoms with Crippen LogP contribution in [0.1, 0.15) is 30.6 Å². The maximum absolute atomic E-state index is 13.4. The lowest BCUT2D eigenvalue weighted by molar-refractivity contribution is 0.112. The van der Waals surface area contributed by atoms with Crippen molar-refractivity contribution >= 4 is 18.0 Å². The normalized spacial score (nSPS) is 12.5. The van der Waals surface area contributed by atoms with Crippen LogP contribution in [0.15, 0.2) is 17.0 Å². The molecule has 0 N–H and O–H groups in total. The maximum atomic E-state index is 13.4. The van der Waals surface area contributed by atoms with Gasteiger partial charge in [-0.1, -0.05) is 20.3 Å². The number of carbonyl (C=O) groups excluding carboxylic acids is 1. The van der Waals surface area contributed by atoms with Crippen molar-refractivity contribution in [1.29, 1.82) is 0 Å². The molecule has 16 heavy (non-hydrogen) atoms. The van der Waals surface area contributed by atoms with E-state index in [2.05, 4.69) is 0 Å². The van der Waals surface area contributed by atoms with Crippen molar-refractivity contribution in [3.05, 3.63) is 29.3 Å². The Morgan fingerprint density at radius 1 is 1.38 bits per heavy atom. The largest absolute Gasteiger partial charge is 0.298 e. The number of carbonyl (C=O) groups is 1. The van der Waals surface area contributed by atoms with Gasteiger partial charge >= 0.3 is 0 Å². The zero-order chi connectivity index (χ0) is 12.1. The third-order valence-corrected chi connectivity index (χ3v) is 3.78. The van der Waals surface area contributed by atoms with Gasteiger partial charge in [0.2, 0.25) is 0 Å². The number of rotatable bonds is 5. The Morgan fingerprint density at radius 3 is 2.38 bits per heavy atom. The van der Waals surface area contributed by atoms with Gasteiger partial charge in [0.15, 0.2) is 0 Å². The van der Waals surface area contributed by atoms with Crippen molar-refractivity contribution in [2.45, 2.75) is 25.2 Å². The summed E-state index contributed by atoms with van der Waals surface area (Å²) < 4.78 is 26.9. The van der Waals surface area contributed by atoms with E-state index in [1.165, 1.54) is 0 Å². The first-order valence-corrected chi connectivity index (χ1v) is 6.14. The van der Waals surface area contributed by atoms with Crippen LogP contribution in [0.4, 0.5) is 8.78 Å². The Hall–Kier alpha value is -0.900. The average Bonchev–Trinajstić information content (AvgIpc) is 2.27. The minimum atomic E-state index is -0.657. The Kier molecular flexibility index (Phi) is 4.93. The molecule has 0 fully saturated rings. The van der Waals surface area contributed by atoms with Crippen molar-refractivity contribution < 1.29 is 13.6 Å². The number of thioether (sulfide) groups is 1. The molecule has 1 unspecified atom stereocenters. The lowest BCUT2D eigenvalue weighted by Crippen LogP contribution is -1.98. The summed E-state index contributed by atoms with van der Waals surface area (Å²) in [7, 11) is 0. The van der Waals surface area contributed by atoms with Crippen molar-refractivity contribution in [2.24, 2.45) is 5.92 Å². The van der Waals surface area contributed by atoms with E-state index in [0.717, 1.165) is 30.3 Å². The minimum absolute atomic E-state index is 0.00546. The Labute approximate surface area is 98.2 Å². The van der Waals surface area contributed by atoms with E-state index >= 15 is 0 Å². The second kappa shape index (κ2) is 5.99. The highest BCUT2D eigenvalue weighted by atomic mass is 32.2. The standard InChI is InChI=1S/C12H14F2OS/c1-3-8(2)7-16-12-10(13)4-9(6-15)5-11(12)14/h4-6,8H,3,7H2,1-2H3. The Morgan fingerprint density at radius 2 is 1.94 bits per heavy atom. The van der Waals surface area contributed by atoms with E-state index in [1.807, 2.05) is 13.8 Å². The summed E-state index contributed by atoms with van der Waals surface area (Å²) in [5.74, 6) is -0.231. The summed E-state index contributed by atoms with van der Waals surface area (Å²) in [6.07, 6.45) is 1.41. The van der Waals surface area contributed by atoms with Gasteiger partial charge in [-0.2, -0.15) is 0 Å². The van der Waals surface area contributed by atoms with Gasteiger partial charge in [-0.15, -0.1) is 11.8 Å². The predicted octanol–water partition coefficient (Wildman–Crippen LogP) is 3.92. The SMILES string of the molecule is CCC(C)CSc1c(F)cc(C=O)cc1F. The molecule has 4 heteroatoms. The van der Waals surface area contributed by atoms with Crippen LogP contribution in [0.25, 0.3) is 0 Å². The van der Waals surface area contributed by atoms with Crippen LogP contribution in [0.3, 0.4) is 0 Å².